The fourth-order valence-electron chi connectivity index (χ4n) is 2.42. The summed E-state index contributed by atoms with van der Waals surface area (Å²) in [6.45, 7) is 0.171. The fourth-order valence-corrected chi connectivity index (χ4v) is 2.54. The number of amides is 1. The molecule has 4 heteroatoms. The molecule has 0 heterocycles. The summed E-state index contributed by atoms with van der Waals surface area (Å²) in [7, 11) is 0. The van der Waals surface area contributed by atoms with Gasteiger partial charge in [-0.25, -0.2) is 0 Å². The Bertz CT molecular complexity index is 648. The van der Waals surface area contributed by atoms with Crippen LogP contribution < -0.4 is 5.32 Å². The van der Waals surface area contributed by atoms with Crippen molar-refractivity contribution in [2.45, 2.75) is 24.9 Å². The molecule has 0 unspecified atom stereocenters. The lowest BCUT2D eigenvalue weighted by Gasteiger charge is -2.12. The number of benzene rings is 2. The van der Waals surface area contributed by atoms with Gasteiger partial charge in [-0.2, -0.15) is 0 Å². The number of rotatable bonds is 5. The van der Waals surface area contributed by atoms with Crippen molar-refractivity contribution < 1.29 is 9.90 Å². The van der Waals surface area contributed by atoms with E-state index < -0.39 is 6.10 Å². The van der Waals surface area contributed by atoms with E-state index in [1.54, 1.807) is 24.3 Å². The van der Waals surface area contributed by atoms with Crippen LogP contribution in [0.1, 0.15) is 46.3 Å². The fraction of sp³-hybridized carbons (Fsp3) is 0.278. The Balaban J connectivity index is 1.55. The van der Waals surface area contributed by atoms with Crippen molar-refractivity contribution in [3.05, 3.63) is 70.2 Å². The molecule has 114 valence electrons. The number of hydrogen-bond donors (Lipinski definition) is 2. The number of halogens is 1. The van der Waals surface area contributed by atoms with Crippen molar-refractivity contribution in [2.75, 3.05) is 6.54 Å². The van der Waals surface area contributed by atoms with E-state index in [9.17, 15) is 9.90 Å². The highest BCUT2D eigenvalue weighted by molar-refractivity contribution is 6.30. The van der Waals surface area contributed by atoms with Crippen molar-refractivity contribution in [3.8, 4) is 0 Å². The summed E-state index contributed by atoms with van der Waals surface area (Å²) in [6, 6.07) is 14.7. The van der Waals surface area contributed by atoms with Gasteiger partial charge in [0.2, 0.25) is 0 Å². The highest BCUT2D eigenvalue weighted by Crippen LogP contribution is 2.39. The van der Waals surface area contributed by atoms with Crippen LogP contribution in [0.3, 0.4) is 0 Å². The molecule has 1 aliphatic rings. The highest BCUT2D eigenvalue weighted by Gasteiger charge is 2.23. The Kier molecular flexibility index (Phi) is 4.46. The molecule has 0 aromatic heterocycles. The van der Waals surface area contributed by atoms with Crippen LogP contribution in [0.15, 0.2) is 48.5 Å². The molecule has 22 heavy (non-hydrogen) atoms. The quantitative estimate of drug-likeness (QED) is 0.884. The molecule has 1 aliphatic carbocycles. The van der Waals surface area contributed by atoms with Crippen LogP contribution in [0.4, 0.5) is 0 Å². The Labute approximate surface area is 134 Å². The molecular formula is C18H18ClNO2. The lowest BCUT2D eigenvalue weighted by molar-refractivity contribution is 0.0916. The van der Waals surface area contributed by atoms with E-state index >= 15 is 0 Å². The predicted octanol–water partition coefficient (Wildman–Crippen LogP) is 3.68. The summed E-state index contributed by atoms with van der Waals surface area (Å²) in [4.78, 5) is 12.1. The monoisotopic (exact) mass is 315 g/mol. The van der Waals surface area contributed by atoms with Gasteiger partial charge < -0.3 is 10.4 Å². The Morgan fingerprint density at radius 3 is 2.36 bits per heavy atom. The van der Waals surface area contributed by atoms with E-state index in [2.05, 4.69) is 5.32 Å². The second-order valence-electron chi connectivity index (χ2n) is 5.67. The molecule has 1 fully saturated rings. The van der Waals surface area contributed by atoms with Gasteiger partial charge in [0.15, 0.2) is 0 Å². The lowest BCUT2D eigenvalue weighted by atomic mass is 10.1. The minimum atomic E-state index is -0.744. The zero-order valence-corrected chi connectivity index (χ0v) is 12.9. The molecule has 2 aromatic rings. The minimum absolute atomic E-state index is 0.171. The molecule has 0 bridgehead atoms. The molecule has 2 N–H and O–H groups in total. The zero-order valence-electron chi connectivity index (χ0n) is 12.1. The molecule has 1 saturated carbocycles. The standard InChI is InChI=1S/C18H18ClNO2/c19-16-9-7-14(8-10-16)17(21)11-20-18(22)15-5-3-13(4-6-15)12-1-2-12/h3-10,12,17,21H,1-2,11H2,(H,20,22)/t17-/m0/s1. The second kappa shape index (κ2) is 6.51. The second-order valence-corrected chi connectivity index (χ2v) is 6.11. The van der Waals surface area contributed by atoms with Gasteiger partial charge in [0.1, 0.15) is 0 Å². The molecular weight excluding hydrogens is 298 g/mol. The minimum Gasteiger partial charge on any atom is -0.387 e. The van der Waals surface area contributed by atoms with Crippen molar-refractivity contribution in [1.29, 1.82) is 0 Å². The van der Waals surface area contributed by atoms with E-state index in [0.29, 0.717) is 16.5 Å². The van der Waals surface area contributed by atoms with Crippen molar-refractivity contribution in [1.82, 2.24) is 5.32 Å². The number of aliphatic hydroxyl groups is 1. The molecule has 3 rings (SSSR count). The van der Waals surface area contributed by atoms with Crippen LogP contribution in [0.25, 0.3) is 0 Å². The predicted molar refractivity (Wildman–Crippen MR) is 87.2 cm³/mol. The van der Waals surface area contributed by atoms with E-state index in [-0.39, 0.29) is 12.5 Å². The van der Waals surface area contributed by atoms with Gasteiger partial charge >= 0.3 is 0 Å². The summed E-state index contributed by atoms with van der Waals surface area (Å²) in [5.41, 5.74) is 2.65. The van der Waals surface area contributed by atoms with Gasteiger partial charge in [-0.3, -0.25) is 4.79 Å². The molecule has 3 nitrogen and oxygen atoms in total. The average Bonchev–Trinajstić information content (AvgIpc) is 3.38. The first-order valence-electron chi connectivity index (χ1n) is 7.45. The average molecular weight is 316 g/mol. The van der Waals surface area contributed by atoms with Crippen LogP contribution in [-0.2, 0) is 0 Å². The molecule has 2 aromatic carbocycles. The van der Waals surface area contributed by atoms with Crippen LogP contribution in [0.5, 0.6) is 0 Å². The number of carbonyl (C=O) groups excluding carboxylic acids is 1. The first-order chi connectivity index (χ1) is 10.6. The number of aliphatic hydroxyl groups excluding tert-OH is 1. The molecule has 0 aliphatic heterocycles. The first kappa shape index (κ1) is 15.1. The third-order valence-electron chi connectivity index (χ3n) is 3.93. The Morgan fingerprint density at radius 2 is 1.77 bits per heavy atom. The molecule has 0 spiro atoms. The summed E-state index contributed by atoms with van der Waals surface area (Å²) < 4.78 is 0. The van der Waals surface area contributed by atoms with Gasteiger partial charge in [-0.1, -0.05) is 35.9 Å². The third-order valence-corrected chi connectivity index (χ3v) is 4.18. The number of hydrogen-bond acceptors (Lipinski definition) is 2. The summed E-state index contributed by atoms with van der Waals surface area (Å²) in [5, 5.41) is 13.4. The zero-order chi connectivity index (χ0) is 15.5. The number of nitrogens with one attached hydrogen (secondary N) is 1. The van der Waals surface area contributed by atoms with Gasteiger partial charge in [0.25, 0.3) is 5.91 Å². The van der Waals surface area contributed by atoms with Gasteiger partial charge in [-0.15, -0.1) is 0 Å². The first-order valence-corrected chi connectivity index (χ1v) is 7.83. The SMILES string of the molecule is O=C(NC[C@H](O)c1ccc(Cl)cc1)c1ccc(C2CC2)cc1. The highest BCUT2D eigenvalue weighted by atomic mass is 35.5. The van der Waals surface area contributed by atoms with E-state index in [4.69, 9.17) is 11.6 Å². The maximum Gasteiger partial charge on any atom is 0.251 e. The number of carbonyl (C=O) groups is 1. The van der Waals surface area contributed by atoms with Gasteiger partial charge in [0, 0.05) is 17.1 Å². The lowest BCUT2D eigenvalue weighted by Crippen LogP contribution is -2.28. The smallest absolute Gasteiger partial charge is 0.251 e. The van der Waals surface area contributed by atoms with E-state index in [0.717, 1.165) is 5.56 Å². The van der Waals surface area contributed by atoms with Crippen molar-refractivity contribution in [2.24, 2.45) is 0 Å². The van der Waals surface area contributed by atoms with Crippen LogP contribution in [-0.4, -0.2) is 17.6 Å². The molecule has 1 atom stereocenters. The maximum absolute atomic E-state index is 12.1. The normalized spacial score (nSPS) is 15.4. The van der Waals surface area contributed by atoms with Crippen molar-refractivity contribution in [3.63, 3.8) is 0 Å². The Morgan fingerprint density at radius 1 is 1.14 bits per heavy atom. The van der Waals surface area contributed by atoms with E-state index in [1.165, 1.54) is 18.4 Å². The van der Waals surface area contributed by atoms with Crippen molar-refractivity contribution >= 4 is 17.5 Å². The molecule has 0 radical (unpaired) electrons. The van der Waals surface area contributed by atoms with Crippen LogP contribution >= 0.6 is 11.6 Å². The van der Waals surface area contributed by atoms with Gasteiger partial charge in [-0.05, 0) is 54.2 Å². The molecule has 0 saturated heterocycles. The summed E-state index contributed by atoms with van der Waals surface area (Å²) in [5.74, 6) is 0.513. The summed E-state index contributed by atoms with van der Waals surface area (Å²) in [6.07, 6.45) is 1.75. The maximum atomic E-state index is 12.1. The van der Waals surface area contributed by atoms with E-state index in [1.807, 2.05) is 24.3 Å². The summed E-state index contributed by atoms with van der Waals surface area (Å²) >= 11 is 5.81. The Hall–Kier alpha value is -1.84. The third kappa shape index (κ3) is 3.67. The van der Waals surface area contributed by atoms with Gasteiger partial charge in [0.05, 0.1) is 6.10 Å². The van der Waals surface area contributed by atoms with Crippen LogP contribution in [0, 0.1) is 0 Å². The van der Waals surface area contributed by atoms with Crippen LogP contribution in [0.2, 0.25) is 5.02 Å². The topological polar surface area (TPSA) is 49.3 Å². The largest absolute Gasteiger partial charge is 0.387 e. The molecule has 1 amide bonds.